The summed E-state index contributed by atoms with van der Waals surface area (Å²) in [4.78, 5) is 5.25. The van der Waals surface area contributed by atoms with Crippen LogP contribution in [0.2, 0.25) is 0 Å². The smallest absolute Gasteiger partial charge is 0.227 e. The Morgan fingerprint density at radius 2 is 1.04 bits per heavy atom. The average molecular weight is 696 g/mol. The summed E-state index contributed by atoms with van der Waals surface area (Å²) in [6, 6.07) is 62.0. The molecule has 3 aromatic heterocycles. The second-order valence-electron chi connectivity index (χ2n) is 13.5. The summed E-state index contributed by atoms with van der Waals surface area (Å²) >= 11 is 1.83. The highest BCUT2D eigenvalue weighted by atomic mass is 32.1. The first-order valence-electron chi connectivity index (χ1n) is 17.8. The Morgan fingerprint density at radius 3 is 1.91 bits per heavy atom. The van der Waals surface area contributed by atoms with Crippen molar-refractivity contribution >= 4 is 64.5 Å². The van der Waals surface area contributed by atoms with Crippen molar-refractivity contribution in [3.05, 3.63) is 176 Å². The quantitative estimate of drug-likeness (QED) is 0.180. The van der Waals surface area contributed by atoms with Crippen LogP contribution in [-0.2, 0) is 0 Å². The number of hydrogen-bond acceptors (Lipinski definition) is 4. The number of fused-ring (bicyclic) bond motifs is 7. The van der Waals surface area contributed by atoms with Gasteiger partial charge in [0.2, 0.25) is 5.89 Å². The number of nitrogens with zero attached hydrogens (tertiary/aromatic N) is 1. The van der Waals surface area contributed by atoms with Gasteiger partial charge in [-0.2, -0.15) is 0 Å². The molecule has 0 bridgehead atoms. The summed E-state index contributed by atoms with van der Waals surface area (Å²) < 4.78 is 15.9. The summed E-state index contributed by atoms with van der Waals surface area (Å²) in [6.07, 6.45) is 0. The molecule has 0 aliphatic rings. The third kappa shape index (κ3) is 4.99. The maximum absolute atomic E-state index is 6.78. The molecule has 11 aromatic rings. The average Bonchev–Trinajstić information content (AvgIpc) is 3.94. The molecule has 0 saturated carbocycles. The number of hydrogen-bond donors (Lipinski definition) is 0. The van der Waals surface area contributed by atoms with Gasteiger partial charge in [-0.1, -0.05) is 121 Å². The van der Waals surface area contributed by atoms with E-state index in [1.165, 1.54) is 20.2 Å². The first-order valence-corrected chi connectivity index (χ1v) is 18.6. The molecular weight excluding hydrogens is 667 g/mol. The lowest BCUT2D eigenvalue weighted by Gasteiger charge is -2.10. The minimum atomic E-state index is 0.573. The van der Waals surface area contributed by atoms with Crippen molar-refractivity contribution < 1.29 is 8.83 Å². The van der Waals surface area contributed by atoms with Crippen molar-refractivity contribution in [2.24, 2.45) is 0 Å². The van der Waals surface area contributed by atoms with Gasteiger partial charge in [0.1, 0.15) is 16.7 Å². The molecule has 0 amide bonds. The van der Waals surface area contributed by atoms with E-state index in [0.717, 1.165) is 83.1 Å². The number of benzene rings is 8. The summed E-state index contributed by atoms with van der Waals surface area (Å²) in [6.45, 7) is 0. The van der Waals surface area contributed by atoms with Gasteiger partial charge in [-0.05, 0) is 88.0 Å². The molecule has 11 rings (SSSR count). The second-order valence-corrected chi connectivity index (χ2v) is 14.6. The highest BCUT2D eigenvalue weighted by Crippen LogP contribution is 2.42. The number of aromatic nitrogens is 1. The number of thiophene rings is 1. The van der Waals surface area contributed by atoms with E-state index in [1.807, 2.05) is 35.6 Å². The van der Waals surface area contributed by atoms with Gasteiger partial charge in [-0.3, -0.25) is 0 Å². The molecule has 0 spiro atoms. The molecule has 0 N–H and O–H groups in total. The summed E-state index contributed by atoms with van der Waals surface area (Å²) in [5.74, 6) is 0.573. The van der Waals surface area contributed by atoms with E-state index in [9.17, 15) is 0 Å². The third-order valence-corrected chi connectivity index (χ3v) is 11.4. The lowest BCUT2D eigenvalue weighted by atomic mass is 9.94. The van der Waals surface area contributed by atoms with Crippen molar-refractivity contribution in [3.8, 4) is 56.0 Å². The molecule has 0 aliphatic heterocycles. The van der Waals surface area contributed by atoms with Gasteiger partial charge in [0.25, 0.3) is 0 Å². The van der Waals surface area contributed by atoms with E-state index in [4.69, 9.17) is 13.8 Å². The molecule has 4 heteroatoms. The number of rotatable bonds is 5. The van der Waals surface area contributed by atoms with Crippen LogP contribution in [0.5, 0.6) is 0 Å². The molecule has 0 radical (unpaired) electrons. The Balaban J connectivity index is 1.16. The largest absolute Gasteiger partial charge is 0.455 e. The van der Waals surface area contributed by atoms with Crippen LogP contribution in [-0.4, -0.2) is 4.98 Å². The van der Waals surface area contributed by atoms with E-state index in [-0.39, 0.29) is 0 Å². The highest BCUT2D eigenvalue weighted by molar-refractivity contribution is 7.25. The fourth-order valence-corrected chi connectivity index (χ4v) is 8.83. The molecule has 8 aromatic carbocycles. The molecule has 248 valence electrons. The first-order chi connectivity index (χ1) is 26.2. The molecule has 0 atom stereocenters. The van der Waals surface area contributed by atoms with Crippen molar-refractivity contribution in [1.82, 2.24) is 4.98 Å². The maximum Gasteiger partial charge on any atom is 0.227 e. The maximum atomic E-state index is 6.78. The van der Waals surface area contributed by atoms with Crippen molar-refractivity contribution in [2.75, 3.05) is 0 Å². The van der Waals surface area contributed by atoms with Gasteiger partial charge in [0, 0.05) is 47.6 Å². The second kappa shape index (κ2) is 11.9. The zero-order valence-corrected chi connectivity index (χ0v) is 29.2. The fourth-order valence-electron chi connectivity index (χ4n) is 7.74. The van der Waals surface area contributed by atoms with Gasteiger partial charge in [0.05, 0.1) is 0 Å². The highest BCUT2D eigenvalue weighted by Gasteiger charge is 2.19. The topological polar surface area (TPSA) is 39.2 Å². The van der Waals surface area contributed by atoms with E-state index in [0.29, 0.717) is 5.89 Å². The van der Waals surface area contributed by atoms with Crippen LogP contribution in [0.3, 0.4) is 0 Å². The van der Waals surface area contributed by atoms with E-state index >= 15 is 0 Å². The lowest BCUT2D eigenvalue weighted by molar-refractivity contribution is 0.620. The summed E-state index contributed by atoms with van der Waals surface area (Å²) in [5, 5.41) is 4.74. The summed E-state index contributed by atoms with van der Waals surface area (Å²) in [7, 11) is 0. The molecule has 0 fully saturated rings. The Morgan fingerprint density at radius 1 is 0.358 bits per heavy atom. The third-order valence-electron chi connectivity index (χ3n) is 10.3. The Kier molecular flexibility index (Phi) is 6.73. The standard InChI is InChI=1S/C49H29NO2S/c1-3-12-30(13-4-1)34-28-41(31-14-5-2-6-15-31)47-44(29-34)52-49(50-47)36-25-33(32-22-23-46-42(27-32)39-17-8-10-21-45(39)53-46)24-35(26-36)37-18-11-19-40-38-16-7-9-20-43(38)51-48(37)40/h1-29H. The first kappa shape index (κ1) is 29.9. The molecule has 53 heavy (non-hydrogen) atoms. The van der Waals surface area contributed by atoms with Crippen LogP contribution in [0.15, 0.2) is 185 Å². The monoisotopic (exact) mass is 695 g/mol. The van der Waals surface area contributed by atoms with E-state index in [1.54, 1.807) is 0 Å². The van der Waals surface area contributed by atoms with Crippen molar-refractivity contribution in [2.45, 2.75) is 0 Å². The number of oxazole rings is 1. The van der Waals surface area contributed by atoms with Crippen molar-refractivity contribution in [1.29, 1.82) is 0 Å². The van der Waals surface area contributed by atoms with Crippen LogP contribution >= 0.6 is 11.3 Å². The van der Waals surface area contributed by atoms with Gasteiger partial charge < -0.3 is 8.83 Å². The molecule has 0 saturated heterocycles. The number of furan rings is 1. The van der Waals surface area contributed by atoms with Crippen LogP contribution < -0.4 is 0 Å². The normalized spacial score (nSPS) is 11.8. The Labute approximate surface area is 309 Å². The van der Waals surface area contributed by atoms with Crippen LogP contribution in [0, 0.1) is 0 Å². The molecule has 0 unspecified atom stereocenters. The molecule has 3 nitrogen and oxygen atoms in total. The predicted octanol–water partition coefficient (Wildman–Crippen LogP) is 14.4. The number of para-hydroxylation sites is 2. The molecular formula is C49H29NO2S. The van der Waals surface area contributed by atoms with Gasteiger partial charge in [-0.15, -0.1) is 11.3 Å². The fraction of sp³-hybridized carbons (Fsp3) is 0. The van der Waals surface area contributed by atoms with Crippen LogP contribution in [0.1, 0.15) is 0 Å². The van der Waals surface area contributed by atoms with E-state index < -0.39 is 0 Å². The van der Waals surface area contributed by atoms with Crippen LogP contribution in [0.25, 0.3) is 109 Å². The molecule has 0 aliphatic carbocycles. The van der Waals surface area contributed by atoms with Gasteiger partial charge in [-0.25, -0.2) is 4.98 Å². The van der Waals surface area contributed by atoms with Crippen LogP contribution in [0.4, 0.5) is 0 Å². The van der Waals surface area contributed by atoms with Gasteiger partial charge in [0.15, 0.2) is 5.58 Å². The minimum absolute atomic E-state index is 0.573. The SMILES string of the molecule is c1ccc(-c2cc(-c3ccccc3)c3nc(-c4cc(-c5ccc6sc7ccccc7c6c5)cc(-c5cccc6c5oc5ccccc56)c4)oc3c2)cc1. The Hall–Kier alpha value is -6.75. The zero-order chi connectivity index (χ0) is 34.9. The lowest BCUT2D eigenvalue weighted by Crippen LogP contribution is -1.87. The van der Waals surface area contributed by atoms with Gasteiger partial charge >= 0.3 is 0 Å². The summed E-state index contributed by atoms with van der Waals surface area (Å²) in [5.41, 5.74) is 12.9. The minimum Gasteiger partial charge on any atom is -0.455 e. The van der Waals surface area contributed by atoms with Crippen molar-refractivity contribution in [3.63, 3.8) is 0 Å². The Bertz CT molecular complexity index is 3170. The zero-order valence-electron chi connectivity index (χ0n) is 28.4. The van der Waals surface area contributed by atoms with E-state index in [2.05, 4.69) is 152 Å². The predicted molar refractivity (Wildman–Crippen MR) is 221 cm³/mol. The molecule has 3 heterocycles.